The first kappa shape index (κ1) is 14.1. The summed E-state index contributed by atoms with van der Waals surface area (Å²) in [6, 6.07) is 3.92. The highest BCUT2D eigenvalue weighted by molar-refractivity contribution is 9.10. The molecule has 0 saturated carbocycles. The number of aromatic nitrogens is 1. The molecule has 2 aromatic rings. The number of anilines is 1. The Kier molecular flexibility index (Phi) is 3.79. The van der Waals surface area contributed by atoms with Crippen LogP contribution in [0.2, 0.25) is 0 Å². The van der Waals surface area contributed by atoms with Gasteiger partial charge in [0.1, 0.15) is 11.6 Å². The highest BCUT2D eigenvalue weighted by atomic mass is 79.9. The average molecular weight is 346 g/mol. The van der Waals surface area contributed by atoms with Gasteiger partial charge in [-0.3, -0.25) is 4.79 Å². The summed E-state index contributed by atoms with van der Waals surface area (Å²) in [5.41, 5.74) is -0.507. The average Bonchev–Trinajstić information content (AvgIpc) is 2.85. The number of carbonyl (C=O) groups excluding carboxylic acids is 1. The minimum Gasteiger partial charge on any atom is -0.358 e. The molecule has 1 heterocycles. The smallest absolute Gasteiger partial charge is 0.321 e. The molecule has 6 nitrogen and oxygen atoms in total. The lowest BCUT2D eigenvalue weighted by Crippen LogP contribution is -2.13. The molecule has 0 radical (unpaired) electrons. The molecule has 2 N–H and O–H groups in total. The van der Waals surface area contributed by atoms with Gasteiger partial charge in [0.25, 0.3) is 5.91 Å². The summed E-state index contributed by atoms with van der Waals surface area (Å²) in [6.07, 6.45) is 0. The zero-order chi connectivity index (χ0) is 14.9. The Morgan fingerprint density at radius 1 is 1.30 bits per heavy atom. The van der Waals surface area contributed by atoms with Gasteiger partial charge in [0, 0.05) is 12.1 Å². The molecule has 0 saturated heterocycles. The van der Waals surface area contributed by atoms with Crippen molar-refractivity contribution < 1.29 is 18.5 Å². The molecule has 9 heteroatoms. The summed E-state index contributed by atoms with van der Waals surface area (Å²) in [4.78, 5) is 23.7. The van der Waals surface area contributed by atoms with Crippen LogP contribution in [0.4, 0.5) is 20.3 Å². The molecule has 20 heavy (non-hydrogen) atoms. The van der Waals surface area contributed by atoms with Crippen molar-refractivity contribution in [1.82, 2.24) is 4.98 Å². The van der Waals surface area contributed by atoms with Crippen LogP contribution in [-0.2, 0) is 0 Å². The van der Waals surface area contributed by atoms with E-state index in [9.17, 15) is 23.7 Å². The summed E-state index contributed by atoms with van der Waals surface area (Å²) in [5.74, 6) is -2.79. The zero-order valence-corrected chi connectivity index (χ0v) is 11.2. The number of benzene rings is 1. The highest BCUT2D eigenvalue weighted by Crippen LogP contribution is 2.24. The van der Waals surface area contributed by atoms with Gasteiger partial charge in [0.05, 0.1) is 10.2 Å². The van der Waals surface area contributed by atoms with Crippen LogP contribution in [0.1, 0.15) is 10.5 Å². The summed E-state index contributed by atoms with van der Waals surface area (Å²) >= 11 is 2.80. The van der Waals surface area contributed by atoms with E-state index in [1.807, 2.05) is 0 Å². The Labute approximate surface area is 119 Å². The molecular weight excluding hydrogens is 340 g/mol. The van der Waals surface area contributed by atoms with Gasteiger partial charge >= 0.3 is 5.82 Å². The van der Waals surface area contributed by atoms with Crippen molar-refractivity contribution >= 4 is 33.3 Å². The van der Waals surface area contributed by atoms with Gasteiger partial charge in [-0.05, 0) is 33.0 Å². The van der Waals surface area contributed by atoms with E-state index in [1.165, 1.54) is 6.07 Å². The van der Waals surface area contributed by atoms with Gasteiger partial charge < -0.3 is 15.4 Å². The molecule has 0 aliphatic carbocycles. The van der Waals surface area contributed by atoms with E-state index >= 15 is 0 Å². The highest BCUT2D eigenvalue weighted by Gasteiger charge is 2.17. The first-order valence-electron chi connectivity index (χ1n) is 5.18. The van der Waals surface area contributed by atoms with Crippen molar-refractivity contribution in [2.45, 2.75) is 0 Å². The molecule has 104 valence electrons. The van der Waals surface area contributed by atoms with E-state index in [1.54, 1.807) is 0 Å². The number of hydrogen-bond acceptors (Lipinski definition) is 3. The molecule has 0 bridgehead atoms. The first-order valence-corrected chi connectivity index (χ1v) is 5.97. The lowest BCUT2D eigenvalue weighted by molar-refractivity contribution is -0.389. The third-order valence-electron chi connectivity index (χ3n) is 2.37. The number of rotatable bonds is 3. The summed E-state index contributed by atoms with van der Waals surface area (Å²) < 4.78 is 26.7. The second-order valence-electron chi connectivity index (χ2n) is 3.71. The van der Waals surface area contributed by atoms with Crippen LogP contribution in [0.5, 0.6) is 0 Å². The normalized spacial score (nSPS) is 10.3. The zero-order valence-electron chi connectivity index (χ0n) is 9.62. The van der Waals surface area contributed by atoms with Crippen molar-refractivity contribution in [2.75, 3.05) is 5.32 Å². The van der Waals surface area contributed by atoms with Crippen molar-refractivity contribution in [2.24, 2.45) is 0 Å². The van der Waals surface area contributed by atoms with Gasteiger partial charge in [-0.15, -0.1) is 0 Å². The van der Waals surface area contributed by atoms with Crippen LogP contribution in [0.15, 0.2) is 28.7 Å². The first-order chi connectivity index (χ1) is 9.38. The predicted molar refractivity (Wildman–Crippen MR) is 69.5 cm³/mol. The number of nitrogens with zero attached hydrogens (tertiary/aromatic N) is 1. The molecule has 1 aromatic heterocycles. The fourth-order valence-corrected chi connectivity index (χ4v) is 1.75. The third-order valence-corrected chi connectivity index (χ3v) is 2.98. The molecule has 0 aliphatic heterocycles. The lowest BCUT2D eigenvalue weighted by Gasteiger charge is -2.05. The van der Waals surface area contributed by atoms with E-state index in [0.717, 1.165) is 18.2 Å². The second-order valence-corrected chi connectivity index (χ2v) is 4.57. The topological polar surface area (TPSA) is 88.0 Å². The van der Waals surface area contributed by atoms with E-state index in [0.29, 0.717) is 0 Å². The Hall–Kier alpha value is -2.29. The maximum atomic E-state index is 13.5. The molecule has 2 rings (SSSR count). The van der Waals surface area contributed by atoms with Gasteiger partial charge in [0.2, 0.25) is 0 Å². The van der Waals surface area contributed by atoms with Gasteiger partial charge in [-0.1, -0.05) is 0 Å². The van der Waals surface area contributed by atoms with Crippen LogP contribution in [0.25, 0.3) is 0 Å². The third kappa shape index (κ3) is 2.82. The number of hydrogen-bond donors (Lipinski definition) is 2. The molecule has 1 amide bonds. The van der Waals surface area contributed by atoms with Crippen LogP contribution in [0.3, 0.4) is 0 Å². The molecular formula is C11H6BrF2N3O3. The maximum absolute atomic E-state index is 13.5. The second kappa shape index (κ2) is 5.37. The SMILES string of the molecule is O=C(Nc1cc(F)c(Br)cc1F)c1ccc([N+](=O)[O-])[nH]1. The fraction of sp³-hybridized carbons (Fsp3) is 0. The summed E-state index contributed by atoms with van der Waals surface area (Å²) in [5, 5.41) is 12.6. The number of aromatic amines is 1. The van der Waals surface area contributed by atoms with Crippen molar-refractivity contribution in [3.05, 3.63) is 56.2 Å². The number of halogens is 3. The number of nitrogens with one attached hydrogen (secondary N) is 2. The lowest BCUT2D eigenvalue weighted by atomic mass is 10.3. The minimum absolute atomic E-state index is 0.0801. The molecule has 0 fully saturated rings. The van der Waals surface area contributed by atoms with Crippen LogP contribution >= 0.6 is 15.9 Å². The Balaban J connectivity index is 2.23. The van der Waals surface area contributed by atoms with E-state index in [-0.39, 0.29) is 21.7 Å². The number of carbonyl (C=O) groups is 1. The maximum Gasteiger partial charge on any atom is 0.321 e. The van der Waals surface area contributed by atoms with E-state index in [4.69, 9.17) is 0 Å². The molecule has 0 unspecified atom stereocenters. The monoisotopic (exact) mass is 345 g/mol. The van der Waals surface area contributed by atoms with E-state index < -0.39 is 22.5 Å². The summed E-state index contributed by atoms with van der Waals surface area (Å²) in [7, 11) is 0. The van der Waals surface area contributed by atoms with Crippen LogP contribution in [-0.4, -0.2) is 15.8 Å². The van der Waals surface area contributed by atoms with Crippen LogP contribution in [0, 0.1) is 21.7 Å². The molecule has 0 aliphatic rings. The van der Waals surface area contributed by atoms with Crippen LogP contribution < -0.4 is 5.32 Å². The molecule has 0 atom stereocenters. The van der Waals surface area contributed by atoms with Gasteiger partial charge in [-0.2, -0.15) is 0 Å². The fourth-order valence-electron chi connectivity index (χ4n) is 1.43. The quantitative estimate of drug-likeness (QED) is 0.508. The Morgan fingerprint density at radius 3 is 2.60 bits per heavy atom. The standard InChI is InChI=1S/C11H6BrF2N3O3/c12-5-3-7(14)9(4-6(5)13)16-11(18)8-1-2-10(15-8)17(19)20/h1-4,15H,(H,16,18). The van der Waals surface area contributed by atoms with Gasteiger partial charge in [0.15, 0.2) is 5.69 Å². The number of H-pyrrole nitrogens is 1. The van der Waals surface area contributed by atoms with E-state index in [2.05, 4.69) is 26.2 Å². The molecule has 1 aromatic carbocycles. The number of amides is 1. The van der Waals surface area contributed by atoms with Gasteiger partial charge in [-0.25, -0.2) is 13.8 Å². The number of nitro groups is 1. The minimum atomic E-state index is -0.840. The predicted octanol–water partition coefficient (Wildman–Crippen LogP) is 3.22. The Bertz CT molecular complexity index is 702. The summed E-state index contributed by atoms with van der Waals surface area (Å²) in [6.45, 7) is 0. The molecule has 0 spiro atoms. The van der Waals surface area contributed by atoms with Crippen molar-refractivity contribution in [3.8, 4) is 0 Å². The van der Waals surface area contributed by atoms with Crippen molar-refractivity contribution in [3.63, 3.8) is 0 Å². The largest absolute Gasteiger partial charge is 0.358 e. The van der Waals surface area contributed by atoms with Crippen molar-refractivity contribution in [1.29, 1.82) is 0 Å². The Morgan fingerprint density at radius 2 is 2.00 bits per heavy atom.